The highest BCUT2D eigenvalue weighted by molar-refractivity contribution is 5.86. The van der Waals surface area contributed by atoms with E-state index in [1.54, 1.807) is 0 Å². The molecule has 0 fully saturated rings. The number of rotatable bonds is 3. The van der Waals surface area contributed by atoms with Gasteiger partial charge in [0.2, 0.25) is 0 Å². The fourth-order valence-corrected chi connectivity index (χ4v) is 0.887. The third-order valence-electron chi connectivity index (χ3n) is 1.95. The van der Waals surface area contributed by atoms with Gasteiger partial charge in [0.15, 0.2) is 11.6 Å². The maximum atomic E-state index is 11.0. The number of hydrogen-bond donors (Lipinski definition) is 0. The van der Waals surface area contributed by atoms with E-state index in [0.717, 1.165) is 6.42 Å². The molecule has 0 amide bonds. The van der Waals surface area contributed by atoms with E-state index in [4.69, 9.17) is 4.42 Å². The molecule has 0 saturated heterocycles. The molecule has 0 radical (unpaired) electrons. The molecule has 1 rings (SSSR count). The molecule has 0 bridgehead atoms. The summed E-state index contributed by atoms with van der Waals surface area (Å²) in [6.45, 7) is 4.03. The predicted octanol–water partition coefficient (Wildman–Crippen LogP) is 1.97. The molecule has 1 heterocycles. The minimum absolute atomic E-state index is 0.234. The third kappa shape index (κ3) is 2.08. The Labute approximate surface area is 76.9 Å². The van der Waals surface area contributed by atoms with Gasteiger partial charge < -0.3 is 9.15 Å². The number of methoxy groups -OCH3 is 1. The summed E-state index contributed by atoms with van der Waals surface area (Å²) in [5.41, 5.74) is 0.234. The summed E-state index contributed by atoms with van der Waals surface area (Å²) >= 11 is 0. The summed E-state index contributed by atoms with van der Waals surface area (Å²) < 4.78 is 9.63. The molecule has 1 atom stereocenters. The first-order valence-corrected chi connectivity index (χ1v) is 4.22. The van der Waals surface area contributed by atoms with Gasteiger partial charge in [-0.1, -0.05) is 13.8 Å². The topological polar surface area (TPSA) is 52.3 Å². The molecule has 0 aliphatic carbocycles. The average molecular weight is 183 g/mol. The van der Waals surface area contributed by atoms with Crippen LogP contribution in [0, 0.1) is 0 Å². The number of esters is 1. The lowest BCUT2D eigenvalue weighted by molar-refractivity contribution is 0.0594. The van der Waals surface area contributed by atoms with Gasteiger partial charge in [-0.15, -0.1) is 0 Å². The zero-order valence-electron chi connectivity index (χ0n) is 8.03. The van der Waals surface area contributed by atoms with Crippen molar-refractivity contribution in [3.63, 3.8) is 0 Å². The van der Waals surface area contributed by atoms with E-state index < -0.39 is 5.97 Å². The quantitative estimate of drug-likeness (QED) is 0.672. The first-order chi connectivity index (χ1) is 6.19. The van der Waals surface area contributed by atoms with Crippen LogP contribution in [0.25, 0.3) is 0 Å². The summed E-state index contributed by atoms with van der Waals surface area (Å²) in [6, 6.07) is 0. The molecule has 1 aromatic rings. The predicted molar refractivity (Wildman–Crippen MR) is 46.5 cm³/mol. The normalized spacial score (nSPS) is 12.5. The molecule has 13 heavy (non-hydrogen) atoms. The Morgan fingerprint density at radius 2 is 2.46 bits per heavy atom. The number of hydrogen-bond acceptors (Lipinski definition) is 4. The molecule has 0 unspecified atom stereocenters. The Hall–Kier alpha value is -1.32. The summed E-state index contributed by atoms with van der Waals surface area (Å²) in [6.07, 6.45) is 2.26. The number of carbonyl (C=O) groups is 1. The second-order valence-electron chi connectivity index (χ2n) is 2.87. The van der Waals surface area contributed by atoms with Gasteiger partial charge in [0, 0.05) is 5.92 Å². The number of ether oxygens (including phenoxy) is 1. The Bertz CT molecular complexity index is 293. The minimum Gasteiger partial charge on any atom is -0.464 e. The first-order valence-electron chi connectivity index (χ1n) is 4.22. The van der Waals surface area contributed by atoms with Gasteiger partial charge >= 0.3 is 5.97 Å². The van der Waals surface area contributed by atoms with E-state index in [1.807, 2.05) is 13.8 Å². The van der Waals surface area contributed by atoms with E-state index in [2.05, 4.69) is 9.72 Å². The van der Waals surface area contributed by atoms with E-state index >= 15 is 0 Å². The maximum absolute atomic E-state index is 11.0. The molecule has 0 spiro atoms. The standard InChI is InChI=1S/C9H13NO3/c1-4-6(2)8-10-7(5-13-8)9(11)12-3/h5-6H,4H2,1-3H3/t6-/m0/s1. The fraction of sp³-hybridized carbons (Fsp3) is 0.556. The molecule has 0 saturated carbocycles. The van der Waals surface area contributed by atoms with Gasteiger partial charge in [-0.2, -0.15) is 0 Å². The highest BCUT2D eigenvalue weighted by atomic mass is 16.5. The van der Waals surface area contributed by atoms with Crippen molar-refractivity contribution in [2.75, 3.05) is 7.11 Å². The van der Waals surface area contributed by atoms with Crippen LogP contribution in [0.1, 0.15) is 42.6 Å². The molecule has 72 valence electrons. The summed E-state index contributed by atoms with van der Waals surface area (Å²) in [4.78, 5) is 15.0. The van der Waals surface area contributed by atoms with Crippen LogP contribution in [-0.2, 0) is 4.74 Å². The van der Waals surface area contributed by atoms with E-state index in [0.29, 0.717) is 5.89 Å². The Morgan fingerprint density at radius 1 is 1.77 bits per heavy atom. The van der Waals surface area contributed by atoms with E-state index in [1.165, 1.54) is 13.4 Å². The number of aromatic nitrogens is 1. The molecule has 4 heteroatoms. The number of nitrogens with zero attached hydrogens (tertiary/aromatic N) is 1. The van der Waals surface area contributed by atoms with Gasteiger partial charge in [-0.25, -0.2) is 9.78 Å². The van der Waals surface area contributed by atoms with Crippen molar-refractivity contribution in [2.24, 2.45) is 0 Å². The molecule has 0 N–H and O–H groups in total. The summed E-state index contributed by atoms with van der Waals surface area (Å²) in [5.74, 6) is 0.361. The van der Waals surface area contributed by atoms with Crippen LogP contribution < -0.4 is 0 Å². The lowest BCUT2D eigenvalue weighted by Crippen LogP contribution is -2.02. The van der Waals surface area contributed by atoms with Crippen LogP contribution in [-0.4, -0.2) is 18.1 Å². The fourth-order valence-electron chi connectivity index (χ4n) is 0.887. The Kier molecular flexibility index (Phi) is 3.06. The highest BCUT2D eigenvalue weighted by Crippen LogP contribution is 2.17. The SMILES string of the molecule is CC[C@H](C)c1nc(C(=O)OC)co1. The van der Waals surface area contributed by atoms with E-state index in [9.17, 15) is 4.79 Å². The molecule has 1 aromatic heterocycles. The Morgan fingerprint density at radius 3 is 3.00 bits per heavy atom. The van der Waals surface area contributed by atoms with Crippen molar-refractivity contribution in [2.45, 2.75) is 26.2 Å². The molecule has 4 nitrogen and oxygen atoms in total. The smallest absolute Gasteiger partial charge is 0.360 e. The summed E-state index contributed by atoms with van der Waals surface area (Å²) in [7, 11) is 1.32. The lowest BCUT2D eigenvalue weighted by Gasteiger charge is -1.99. The van der Waals surface area contributed by atoms with Crippen LogP contribution >= 0.6 is 0 Å². The summed E-state index contributed by atoms with van der Waals surface area (Å²) in [5, 5.41) is 0. The van der Waals surface area contributed by atoms with Crippen molar-refractivity contribution in [3.8, 4) is 0 Å². The monoisotopic (exact) mass is 183 g/mol. The van der Waals surface area contributed by atoms with Crippen LogP contribution in [0.4, 0.5) is 0 Å². The largest absolute Gasteiger partial charge is 0.464 e. The van der Waals surface area contributed by atoms with Crippen LogP contribution in [0.15, 0.2) is 10.7 Å². The van der Waals surface area contributed by atoms with Crippen LogP contribution in [0.3, 0.4) is 0 Å². The van der Waals surface area contributed by atoms with Crippen molar-refractivity contribution >= 4 is 5.97 Å². The molecule has 0 aliphatic rings. The van der Waals surface area contributed by atoms with Crippen molar-refractivity contribution in [1.82, 2.24) is 4.98 Å². The van der Waals surface area contributed by atoms with Crippen molar-refractivity contribution in [1.29, 1.82) is 0 Å². The van der Waals surface area contributed by atoms with Gasteiger partial charge in [0.1, 0.15) is 6.26 Å². The molecule has 0 aliphatic heterocycles. The van der Waals surface area contributed by atoms with Gasteiger partial charge in [-0.3, -0.25) is 0 Å². The van der Waals surface area contributed by atoms with Gasteiger partial charge in [0.25, 0.3) is 0 Å². The van der Waals surface area contributed by atoms with Gasteiger partial charge in [-0.05, 0) is 6.42 Å². The maximum Gasteiger partial charge on any atom is 0.360 e. The number of oxazole rings is 1. The average Bonchev–Trinajstić information content (AvgIpc) is 2.64. The van der Waals surface area contributed by atoms with Crippen LogP contribution in [0.2, 0.25) is 0 Å². The zero-order chi connectivity index (χ0) is 9.84. The lowest BCUT2D eigenvalue weighted by atomic mass is 10.1. The molecular formula is C9H13NO3. The highest BCUT2D eigenvalue weighted by Gasteiger charge is 2.15. The van der Waals surface area contributed by atoms with Gasteiger partial charge in [0.05, 0.1) is 7.11 Å². The van der Waals surface area contributed by atoms with Crippen LogP contribution in [0.5, 0.6) is 0 Å². The molecule has 0 aromatic carbocycles. The van der Waals surface area contributed by atoms with E-state index in [-0.39, 0.29) is 11.6 Å². The first kappa shape index (κ1) is 9.77. The Balaban J connectivity index is 2.80. The minimum atomic E-state index is -0.460. The molecular weight excluding hydrogens is 170 g/mol. The zero-order valence-corrected chi connectivity index (χ0v) is 8.03. The van der Waals surface area contributed by atoms with Crippen molar-refractivity contribution in [3.05, 3.63) is 17.8 Å². The number of carbonyl (C=O) groups excluding carboxylic acids is 1. The van der Waals surface area contributed by atoms with Crippen molar-refractivity contribution < 1.29 is 13.9 Å². The second kappa shape index (κ2) is 4.07. The third-order valence-corrected chi connectivity index (χ3v) is 1.95. The second-order valence-corrected chi connectivity index (χ2v) is 2.87.